The van der Waals surface area contributed by atoms with Gasteiger partial charge in [-0.2, -0.15) is 0 Å². The molecule has 0 bridgehead atoms. The molecule has 0 aliphatic rings. The van der Waals surface area contributed by atoms with Crippen molar-refractivity contribution < 1.29 is 105 Å². The van der Waals surface area contributed by atoms with Crippen LogP contribution in [0.3, 0.4) is 0 Å². The van der Waals surface area contributed by atoms with Gasteiger partial charge in [-0.15, -0.1) is 0 Å². The Hall–Kier alpha value is -2.64. The summed E-state index contributed by atoms with van der Waals surface area (Å²) >= 11 is 0. The van der Waals surface area contributed by atoms with Crippen LogP contribution >= 0.6 is 0 Å². The summed E-state index contributed by atoms with van der Waals surface area (Å²) < 4.78 is 78.8. The number of nitrogens with zero attached hydrogens (tertiary/aromatic N) is 1. The van der Waals surface area contributed by atoms with Crippen LogP contribution in [0.25, 0.3) is 0 Å². The summed E-state index contributed by atoms with van der Waals surface area (Å²) in [5.74, 6) is -5.55. The van der Waals surface area contributed by atoms with Crippen LogP contribution in [0, 0.1) is 23.7 Å². The van der Waals surface area contributed by atoms with Gasteiger partial charge < -0.3 is 53.3 Å². The second kappa shape index (κ2) is 47.1. The Balaban J connectivity index is -0.0000000860. The fraction of sp³-hybridized carbons (Fsp3) is 0.783. The molecule has 0 rings (SSSR count). The van der Waals surface area contributed by atoms with Crippen LogP contribution in [-0.2, 0) is 58.6 Å². The van der Waals surface area contributed by atoms with Gasteiger partial charge in [0.15, 0.2) is 19.7 Å². The van der Waals surface area contributed by atoms with E-state index >= 15 is 0 Å². The summed E-state index contributed by atoms with van der Waals surface area (Å²) in [6, 6.07) is 0. The van der Waals surface area contributed by atoms with Gasteiger partial charge in [-0.1, -0.05) is 100 Å². The van der Waals surface area contributed by atoms with E-state index in [9.17, 15) is 58.6 Å². The van der Waals surface area contributed by atoms with Crippen molar-refractivity contribution in [1.82, 2.24) is 31.9 Å². The molecule has 0 aliphatic carbocycles. The van der Waals surface area contributed by atoms with Crippen molar-refractivity contribution in [1.29, 1.82) is 0 Å². The predicted molar refractivity (Wildman–Crippen MR) is 286 cm³/mol. The maximum Gasteiger partial charge on any atom is 1.00 e. The van der Waals surface area contributed by atoms with Gasteiger partial charge in [0, 0.05) is 65.8 Å². The van der Waals surface area contributed by atoms with Gasteiger partial charge >= 0.3 is 29.6 Å². The average Bonchev–Trinajstić information content (AvgIpc) is 3.14. The third-order valence-electron chi connectivity index (χ3n) is 9.03. The fourth-order valence-electron chi connectivity index (χ4n) is 5.42. The Morgan fingerprint density at radius 2 is 0.944 bits per heavy atom. The normalized spacial score (nSPS) is 12.0. The van der Waals surface area contributed by atoms with Gasteiger partial charge in [-0.3, -0.25) is 28.8 Å². The van der Waals surface area contributed by atoms with Crippen LogP contribution in [0.2, 0.25) is 0 Å². The van der Waals surface area contributed by atoms with Crippen LogP contribution in [0.4, 0.5) is 0 Å². The molecule has 6 N–H and O–H groups in total. The zero-order valence-corrected chi connectivity index (χ0v) is 43.8. The van der Waals surface area contributed by atoms with Gasteiger partial charge in [0.05, 0.1) is 68.4 Å². The van der Waals surface area contributed by atoms with E-state index in [0.29, 0.717) is 25.8 Å². The number of sulfone groups is 2. The first-order chi connectivity index (χ1) is 27.8. The molecule has 0 aromatic heterocycles. The summed E-state index contributed by atoms with van der Waals surface area (Å²) in [5, 5.41) is 17.0. The van der Waals surface area contributed by atoms with E-state index in [1.54, 1.807) is 20.8 Å². The van der Waals surface area contributed by atoms with E-state index < -0.39 is 76.5 Å². The Morgan fingerprint density at radius 3 is 1.24 bits per heavy atom. The van der Waals surface area contributed by atoms with Gasteiger partial charge in [-0.25, -0.2) is 25.3 Å². The minimum atomic E-state index is -4.53. The van der Waals surface area contributed by atoms with Gasteiger partial charge in [-0.05, 0) is 39.5 Å². The Morgan fingerprint density at radius 1 is 0.606 bits per heavy atom. The van der Waals surface area contributed by atoms with Crippen LogP contribution in [0.1, 0.15) is 146 Å². The molecule has 0 heterocycles. The molecule has 426 valence electrons. The summed E-state index contributed by atoms with van der Waals surface area (Å²) in [4.78, 5) is 72.6. The minimum Gasteiger partial charge on any atom is -1.00 e. The third kappa shape index (κ3) is 52.0. The Labute approximate surface area is 463 Å². The number of amides is 6. The van der Waals surface area contributed by atoms with E-state index in [1.807, 2.05) is 6.92 Å². The number of carbonyl (C=O) groups is 6. The maximum absolute atomic E-state index is 12.3. The summed E-state index contributed by atoms with van der Waals surface area (Å²) in [5.41, 5.74) is -1.25. The quantitative estimate of drug-likeness (QED) is 0.0174. The van der Waals surface area contributed by atoms with E-state index in [-0.39, 0.29) is 169 Å². The molecule has 0 saturated carbocycles. The molecule has 4 atom stereocenters. The predicted octanol–water partition coefficient (Wildman–Crippen LogP) is -0.897. The Bertz CT molecular complexity index is 1830. The van der Waals surface area contributed by atoms with Crippen LogP contribution in [0.15, 0.2) is 24.0 Å². The molecule has 0 fully saturated rings. The standard InChI is InChI=1S/C20H38N4O5S.C18H33N3O8S2.8CH4.ClH.Na/c1-7-17(14-16(3)19(26)21-11-9-12-24(4,5)6)20(27)23-15-22-18(25)10-13-30(28,29)8-2;1-6-14(10-13(3)16(23)21-18(4,5)11-31(27,28)29)17(24)20-12-19-15(22)8-9-30(25,26)7-2;;;;;;;;;;/h8,16-17H,2,7,9-15H2,1,3-6H3,(H2-,21,22,23,25,26,27);7,13-14H,2,6,8-12H2,1,3-5H3,(H,19,22)(H,20,24)(H,21,23)(H,27,28,29);8*1H4;1H;/q;;;;;;;;;;;+1/p-1. The fourth-order valence-corrected chi connectivity index (χ4v) is 7.65. The number of hydrogen-bond donors (Lipinski definition) is 6. The number of halogens is 1. The van der Waals surface area contributed by atoms with Crippen LogP contribution < -0.4 is 73.9 Å². The molecular weight excluding hydrogens is 1010 g/mol. The number of quaternary nitrogens is 1. The average molecular weight is 1120 g/mol. The third-order valence-corrected chi connectivity index (χ3v) is 12.7. The van der Waals surface area contributed by atoms with Crippen LogP contribution in [0.5, 0.6) is 0 Å². The molecule has 6 amide bonds. The van der Waals surface area contributed by atoms with Crippen molar-refractivity contribution in [2.75, 3.05) is 64.8 Å². The Kier molecular flexibility index (Phi) is 64.8. The first kappa shape index (κ1) is 97.6. The molecule has 25 heteroatoms. The second-order valence-electron chi connectivity index (χ2n) is 16.4. The van der Waals surface area contributed by atoms with Crippen molar-refractivity contribution in [2.24, 2.45) is 23.7 Å². The van der Waals surface area contributed by atoms with Crippen molar-refractivity contribution in [3.05, 3.63) is 24.0 Å². The largest absolute Gasteiger partial charge is 1.00 e. The molecule has 0 radical (unpaired) electrons. The summed E-state index contributed by atoms with van der Waals surface area (Å²) in [6.45, 7) is 17.4. The van der Waals surface area contributed by atoms with Crippen molar-refractivity contribution in [3.63, 3.8) is 0 Å². The number of rotatable bonds is 29. The van der Waals surface area contributed by atoms with Crippen molar-refractivity contribution in [2.45, 2.75) is 151 Å². The molecule has 4 unspecified atom stereocenters. The zero-order chi connectivity index (χ0) is 47.8. The van der Waals surface area contributed by atoms with Gasteiger partial charge in [0.25, 0.3) is 0 Å². The molecular formula is C46H103ClN7NaO13S3. The first-order valence-electron chi connectivity index (χ1n) is 20.0. The molecule has 20 nitrogen and oxygen atoms in total. The van der Waals surface area contributed by atoms with Gasteiger partial charge in [0.2, 0.25) is 35.4 Å². The smallest absolute Gasteiger partial charge is 1.00 e. The van der Waals surface area contributed by atoms with Crippen LogP contribution in [-0.4, -0.2) is 140 Å². The topological polar surface area (TPSA) is 300 Å². The van der Waals surface area contributed by atoms with E-state index in [4.69, 9.17) is 0 Å². The molecule has 0 saturated heterocycles. The van der Waals surface area contributed by atoms with Gasteiger partial charge in [0.1, 0.15) is 0 Å². The molecule has 0 aromatic rings. The summed E-state index contributed by atoms with van der Waals surface area (Å²) in [6.07, 6.45) is 1.96. The second-order valence-corrected chi connectivity index (χ2v) is 22.0. The van der Waals surface area contributed by atoms with E-state index in [2.05, 4.69) is 66.2 Å². The van der Waals surface area contributed by atoms with Crippen molar-refractivity contribution in [3.8, 4) is 0 Å². The molecule has 0 spiro atoms. The van der Waals surface area contributed by atoms with E-state index in [1.165, 1.54) is 13.8 Å². The first-order valence-corrected chi connectivity index (χ1v) is 25.0. The zero-order valence-electron chi connectivity index (χ0n) is 38.6. The SMILES string of the molecule is C.C.C.C.C.C.C.C.C=CS(=O)(=O)CCC(=O)NCNC(=O)C(CC)CC(C)C(=O)NC(C)(C)CS(=O)(=O)[O-].C=CS(=O)(=O)CCC(=O)NCNC(=O)C(CC)CC(C)C(=O)NCCC[N+](C)(C)C.[Cl-].[Na+]. The number of nitrogens with one attached hydrogen (secondary N) is 6. The molecule has 0 aromatic carbocycles. The number of hydrogen-bond acceptors (Lipinski definition) is 13. The minimum absolute atomic E-state index is 0. The molecule has 0 aliphatic heterocycles. The summed E-state index contributed by atoms with van der Waals surface area (Å²) in [7, 11) is -5.16. The van der Waals surface area contributed by atoms with Crippen molar-refractivity contribution >= 4 is 65.2 Å². The maximum atomic E-state index is 12.3. The monoisotopic (exact) mass is 1120 g/mol. The molecule has 71 heavy (non-hydrogen) atoms. The van der Waals surface area contributed by atoms with E-state index in [0.717, 1.165) is 28.3 Å². The number of carbonyl (C=O) groups excluding carboxylic acids is 6.